The summed E-state index contributed by atoms with van der Waals surface area (Å²) < 4.78 is 40.5. The second-order valence-electron chi connectivity index (χ2n) is 6.90. The van der Waals surface area contributed by atoms with Gasteiger partial charge in [0.2, 0.25) is 15.9 Å². The van der Waals surface area contributed by atoms with E-state index in [4.69, 9.17) is 11.6 Å². The quantitative estimate of drug-likeness (QED) is 0.699. The number of hydrogen-bond acceptors (Lipinski definition) is 5. The van der Waals surface area contributed by atoms with E-state index < -0.39 is 33.8 Å². The summed E-state index contributed by atoms with van der Waals surface area (Å²) in [4.78, 5) is 26.2. The molecule has 31 heavy (non-hydrogen) atoms. The van der Waals surface area contributed by atoms with Gasteiger partial charge in [-0.2, -0.15) is 4.31 Å². The molecule has 0 aromatic heterocycles. The summed E-state index contributed by atoms with van der Waals surface area (Å²) >= 11 is 5.74. The van der Waals surface area contributed by atoms with Crippen LogP contribution in [0.1, 0.15) is 11.6 Å². The van der Waals surface area contributed by atoms with E-state index in [-0.39, 0.29) is 36.1 Å². The van der Waals surface area contributed by atoms with Gasteiger partial charge in [0.15, 0.2) is 0 Å². The second kappa shape index (κ2) is 9.73. The molecule has 1 aliphatic rings. The fourth-order valence-corrected chi connectivity index (χ4v) is 5.09. The Morgan fingerprint density at radius 3 is 2.29 bits per heavy atom. The largest absolute Gasteiger partial charge is 0.341 e. The lowest BCUT2D eigenvalue weighted by atomic mass is 10.0. The smallest absolute Gasteiger partial charge is 0.321 e. The van der Waals surface area contributed by atoms with Crippen molar-refractivity contribution in [3.63, 3.8) is 0 Å². The molecule has 2 aromatic carbocycles. The zero-order valence-electron chi connectivity index (χ0n) is 16.7. The molecule has 2 N–H and O–H groups in total. The first-order valence-electron chi connectivity index (χ1n) is 9.51. The number of sulfonamides is 1. The highest BCUT2D eigenvalue weighted by molar-refractivity contribution is 7.89. The Morgan fingerprint density at radius 1 is 1.06 bits per heavy atom. The van der Waals surface area contributed by atoms with Crippen LogP contribution in [0.25, 0.3) is 0 Å². The predicted octanol–water partition coefficient (Wildman–Crippen LogP) is 1.98. The van der Waals surface area contributed by atoms with Crippen molar-refractivity contribution in [2.24, 2.45) is 0 Å². The maximum Gasteiger partial charge on any atom is 0.321 e. The van der Waals surface area contributed by atoms with E-state index in [0.29, 0.717) is 5.56 Å². The zero-order chi connectivity index (χ0) is 22.6. The third-order valence-electron chi connectivity index (χ3n) is 4.99. The number of nitrogens with zero attached hydrogens (tertiary/aromatic N) is 2. The van der Waals surface area contributed by atoms with Crippen molar-refractivity contribution >= 4 is 33.6 Å². The van der Waals surface area contributed by atoms with Gasteiger partial charge in [0.05, 0.1) is 9.92 Å². The van der Waals surface area contributed by atoms with Crippen molar-refractivity contribution in [1.82, 2.24) is 19.8 Å². The Labute approximate surface area is 185 Å². The summed E-state index contributed by atoms with van der Waals surface area (Å²) in [5.74, 6) is -1.20. The Morgan fingerprint density at radius 2 is 1.71 bits per heavy atom. The van der Waals surface area contributed by atoms with Crippen LogP contribution in [0.15, 0.2) is 53.4 Å². The van der Waals surface area contributed by atoms with Crippen LogP contribution < -0.4 is 10.6 Å². The van der Waals surface area contributed by atoms with Crippen LogP contribution in [-0.2, 0) is 14.8 Å². The summed E-state index contributed by atoms with van der Waals surface area (Å²) in [6, 6.07) is 10.8. The lowest BCUT2D eigenvalue weighted by Crippen LogP contribution is -2.53. The molecule has 2 aromatic rings. The molecule has 11 heteroatoms. The monoisotopic (exact) mass is 468 g/mol. The summed E-state index contributed by atoms with van der Waals surface area (Å²) in [5.41, 5.74) is 0.686. The SMILES string of the molecule is CNC(=O)NC(=O)C(c1ccccc1)N1CCN(S(=O)(=O)c2ccc(F)c(Cl)c2)CC1. The average molecular weight is 469 g/mol. The number of carbonyl (C=O) groups is 2. The van der Waals surface area contributed by atoms with Crippen molar-refractivity contribution in [2.75, 3.05) is 33.2 Å². The highest BCUT2D eigenvalue weighted by atomic mass is 35.5. The van der Waals surface area contributed by atoms with Crippen molar-refractivity contribution < 1.29 is 22.4 Å². The highest BCUT2D eigenvalue weighted by Gasteiger charge is 2.35. The number of benzene rings is 2. The zero-order valence-corrected chi connectivity index (χ0v) is 18.3. The Balaban J connectivity index is 1.78. The molecule has 1 unspecified atom stereocenters. The van der Waals surface area contributed by atoms with Gasteiger partial charge >= 0.3 is 6.03 Å². The molecule has 3 rings (SSSR count). The minimum Gasteiger partial charge on any atom is -0.341 e. The van der Waals surface area contributed by atoms with Gasteiger partial charge in [-0.1, -0.05) is 41.9 Å². The molecule has 1 atom stereocenters. The molecule has 1 saturated heterocycles. The number of halogens is 2. The molecule has 0 saturated carbocycles. The first kappa shape index (κ1) is 23.1. The van der Waals surface area contributed by atoms with E-state index in [9.17, 15) is 22.4 Å². The van der Waals surface area contributed by atoms with Crippen LogP contribution in [0.5, 0.6) is 0 Å². The van der Waals surface area contributed by atoms with Crippen LogP contribution >= 0.6 is 11.6 Å². The minimum absolute atomic E-state index is 0.0932. The number of urea groups is 1. The van der Waals surface area contributed by atoms with E-state index in [1.54, 1.807) is 24.3 Å². The fourth-order valence-electron chi connectivity index (χ4n) is 3.39. The van der Waals surface area contributed by atoms with Crippen LogP contribution in [0.4, 0.5) is 9.18 Å². The first-order chi connectivity index (χ1) is 14.7. The molecular weight excluding hydrogens is 447 g/mol. The number of nitrogens with one attached hydrogen (secondary N) is 2. The predicted molar refractivity (Wildman–Crippen MR) is 114 cm³/mol. The number of rotatable bonds is 5. The molecule has 1 aliphatic heterocycles. The topological polar surface area (TPSA) is 98.8 Å². The van der Waals surface area contributed by atoms with Gasteiger partial charge in [-0.3, -0.25) is 15.0 Å². The summed E-state index contributed by atoms with van der Waals surface area (Å²) in [6.07, 6.45) is 0. The molecule has 0 radical (unpaired) electrons. The molecule has 1 heterocycles. The first-order valence-corrected chi connectivity index (χ1v) is 11.3. The molecule has 3 amide bonds. The summed E-state index contributed by atoms with van der Waals surface area (Å²) in [7, 11) is -2.46. The van der Waals surface area contributed by atoms with E-state index >= 15 is 0 Å². The van der Waals surface area contributed by atoms with E-state index in [1.165, 1.54) is 17.4 Å². The van der Waals surface area contributed by atoms with Crippen molar-refractivity contribution in [3.05, 3.63) is 64.9 Å². The lowest BCUT2D eigenvalue weighted by Gasteiger charge is -2.38. The standard InChI is InChI=1S/C20H22ClFN4O4S/c1-23-20(28)24-19(27)18(14-5-3-2-4-6-14)25-9-11-26(12-10-25)31(29,30)15-7-8-17(22)16(21)13-15/h2-8,13,18H,9-12H2,1H3,(H2,23,24,27,28). The molecule has 8 nitrogen and oxygen atoms in total. The van der Waals surface area contributed by atoms with Gasteiger partial charge in [-0.15, -0.1) is 0 Å². The maximum atomic E-state index is 13.4. The van der Waals surface area contributed by atoms with Gasteiger partial charge < -0.3 is 5.32 Å². The number of carbonyl (C=O) groups excluding carboxylic acids is 2. The van der Waals surface area contributed by atoms with Gasteiger partial charge in [0.1, 0.15) is 11.9 Å². The van der Waals surface area contributed by atoms with E-state index in [1.807, 2.05) is 11.0 Å². The number of amides is 3. The molecule has 0 spiro atoms. The number of hydrogen-bond donors (Lipinski definition) is 2. The van der Waals surface area contributed by atoms with Crippen molar-refractivity contribution in [3.8, 4) is 0 Å². The normalized spacial score (nSPS) is 16.5. The average Bonchev–Trinajstić information content (AvgIpc) is 2.76. The van der Waals surface area contributed by atoms with Crippen LogP contribution in [-0.4, -0.2) is 62.8 Å². The maximum absolute atomic E-state index is 13.4. The molecular formula is C20H22ClFN4O4S. The Bertz CT molecular complexity index is 1060. The van der Waals surface area contributed by atoms with Gasteiger partial charge in [-0.25, -0.2) is 17.6 Å². The Hall–Kier alpha value is -2.53. The van der Waals surface area contributed by atoms with Crippen molar-refractivity contribution in [1.29, 1.82) is 0 Å². The number of imide groups is 1. The lowest BCUT2D eigenvalue weighted by molar-refractivity contribution is -0.126. The molecule has 0 bridgehead atoms. The fraction of sp³-hybridized carbons (Fsp3) is 0.300. The summed E-state index contributed by atoms with van der Waals surface area (Å²) in [6.45, 7) is 0.756. The van der Waals surface area contributed by atoms with Gasteiger partial charge in [0.25, 0.3) is 0 Å². The third-order valence-corrected chi connectivity index (χ3v) is 7.18. The minimum atomic E-state index is -3.87. The van der Waals surface area contributed by atoms with E-state index in [0.717, 1.165) is 12.1 Å². The van der Waals surface area contributed by atoms with Gasteiger partial charge in [-0.05, 0) is 23.8 Å². The van der Waals surface area contributed by atoms with Crippen LogP contribution in [0.2, 0.25) is 5.02 Å². The molecule has 166 valence electrons. The van der Waals surface area contributed by atoms with Crippen LogP contribution in [0.3, 0.4) is 0 Å². The van der Waals surface area contributed by atoms with Crippen LogP contribution in [0, 0.1) is 5.82 Å². The highest BCUT2D eigenvalue weighted by Crippen LogP contribution is 2.26. The second-order valence-corrected chi connectivity index (χ2v) is 9.24. The molecule has 0 aliphatic carbocycles. The third kappa shape index (κ3) is 5.21. The van der Waals surface area contributed by atoms with Gasteiger partial charge in [0, 0.05) is 33.2 Å². The van der Waals surface area contributed by atoms with E-state index in [2.05, 4.69) is 10.6 Å². The number of piperazine rings is 1. The summed E-state index contributed by atoms with van der Waals surface area (Å²) in [5, 5.41) is 4.37. The molecule has 1 fully saturated rings. The van der Waals surface area contributed by atoms with Crippen molar-refractivity contribution in [2.45, 2.75) is 10.9 Å². The Kier molecular flexibility index (Phi) is 7.26.